The van der Waals surface area contributed by atoms with Gasteiger partial charge in [0.15, 0.2) is 5.78 Å². The van der Waals surface area contributed by atoms with Gasteiger partial charge in [-0.25, -0.2) is 0 Å². The highest BCUT2D eigenvalue weighted by Gasteiger charge is 2.56. The van der Waals surface area contributed by atoms with Crippen molar-refractivity contribution in [2.75, 3.05) is 6.54 Å². The van der Waals surface area contributed by atoms with Crippen LogP contribution in [0.25, 0.3) is 0 Å². The van der Waals surface area contributed by atoms with Crippen molar-refractivity contribution < 1.29 is 29.6 Å². The highest BCUT2D eigenvalue weighted by molar-refractivity contribution is 5.85. The lowest BCUT2D eigenvalue weighted by molar-refractivity contribution is -0.309. The van der Waals surface area contributed by atoms with E-state index >= 15 is 0 Å². The molecule has 1 rings (SSSR count). The molecular formula is C43H86ClN3O6. The third-order valence-corrected chi connectivity index (χ3v) is 11.3. The lowest BCUT2D eigenvalue weighted by atomic mass is 9.89. The van der Waals surface area contributed by atoms with Crippen molar-refractivity contribution in [3.05, 3.63) is 0 Å². The Labute approximate surface area is 331 Å². The monoisotopic (exact) mass is 776 g/mol. The maximum absolute atomic E-state index is 13.8. The highest BCUT2D eigenvalue weighted by atomic mass is 35.5. The van der Waals surface area contributed by atoms with E-state index < -0.39 is 36.3 Å². The van der Waals surface area contributed by atoms with Gasteiger partial charge in [0.25, 0.3) is 0 Å². The predicted octanol–water partition coefficient (Wildman–Crippen LogP) is 9.24. The van der Waals surface area contributed by atoms with Gasteiger partial charge < -0.3 is 25.8 Å². The number of amides is 1. The van der Waals surface area contributed by atoms with Crippen LogP contribution in [-0.2, 0) is 14.3 Å². The molecule has 0 aliphatic carbocycles. The van der Waals surface area contributed by atoms with Gasteiger partial charge in [0.05, 0.1) is 12.1 Å². The number of nitrogens with zero attached hydrogens (tertiary/aromatic N) is 1. The number of halogens is 1. The van der Waals surface area contributed by atoms with Crippen LogP contribution >= 0.6 is 12.4 Å². The number of aliphatic hydroxyl groups excluding tert-OH is 3. The smallest absolute Gasteiger partial charge is 0.227 e. The van der Waals surface area contributed by atoms with E-state index in [0.29, 0.717) is 12.8 Å². The molecule has 316 valence electrons. The molecule has 1 aliphatic rings. The molecule has 0 aromatic rings. The third-order valence-electron chi connectivity index (χ3n) is 11.3. The minimum absolute atomic E-state index is 0. The van der Waals surface area contributed by atoms with Gasteiger partial charge >= 0.3 is 0 Å². The van der Waals surface area contributed by atoms with Crippen molar-refractivity contribution in [3.8, 4) is 0 Å². The molecule has 1 heterocycles. The topological polar surface area (TPSA) is 159 Å². The van der Waals surface area contributed by atoms with E-state index in [-0.39, 0.29) is 49.4 Å². The van der Waals surface area contributed by atoms with Gasteiger partial charge in [0.2, 0.25) is 11.8 Å². The number of ether oxygens (including phenoxy) is 1. The second kappa shape index (κ2) is 32.3. The SMILES string of the molecule is CCCCCCCCCCCCCCCCCC(=O)N(CCCCCCCCCCCCCC)[C@]1(N)O[C@H](CC(=O)[C@@H](N)C(C)C)[C@@H](O)[C@H](O)[C@H]1O.Cl. The molecule has 0 radical (unpaired) electrons. The zero-order valence-corrected chi connectivity index (χ0v) is 35.6. The standard InChI is InChI=1S/C43H85N3O6.ClH/c1-5-7-9-11-13-15-17-19-20-21-22-24-26-28-30-32-38(48)46(33-31-29-27-25-23-18-16-14-12-10-8-6-2)43(45)42(51)41(50)40(49)37(52-43)34-36(47)39(44)35(3)4;/h35,37,39-42,49-51H,5-34,44-45H2,1-4H3;1H/t37-,39+,40-,41+,42-,43+;/m1./s1. The van der Waals surface area contributed by atoms with E-state index in [1.54, 1.807) is 0 Å². The van der Waals surface area contributed by atoms with Crippen molar-refractivity contribution in [2.24, 2.45) is 17.4 Å². The zero-order valence-electron chi connectivity index (χ0n) is 34.8. The Morgan fingerprint density at radius 1 is 0.623 bits per heavy atom. The molecule has 0 bridgehead atoms. The molecule has 10 heteroatoms. The van der Waals surface area contributed by atoms with Crippen LogP contribution in [-0.4, -0.2) is 74.8 Å². The fourth-order valence-electron chi connectivity index (χ4n) is 7.51. The number of nitrogens with two attached hydrogens (primary N) is 2. The van der Waals surface area contributed by atoms with Gasteiger partial charge in [0, 0.05) is 19.4 Å². The van der Waals surface area contributed by atoms with Gasteiger partial charge in [-0.05, 0) is 18.8 Å². The van der Waals surface area contributed by atoms with E-state index in [0.717, 1.165) is 38.5 Å². The molecule has 1 aliphatic heterocycles. The summed E-state index contributed by atoms with van der Waals surface area (Å²) in [5.74, 6) is -2.77. The number of carbonyl (C=O) groups excluding carboxylic acids is 2. The van der Waals surface area contributed by atoms with Crippen LogP contribution in [0, 0.1) is 5.92 Å². The summed E-state index contributed by atoms with van der Waals surface area (Å²) in [5, 5.41) is 32.8. The Balaban J connectivity index is 0.0000270. The van der Waals surface area contributed by atoms with Crippen LogP contribution < -0.4 is 11.5 Å². The number of ketones is 1. The Kier molecular flexibility index (Phi) is 31.8. The summed E-state index contributed by atoms with van der Waals surface area (Å²) in [6.45, 7) is 8.43. The number of rotatable bonds is 34. The average molecular weight is 777 g/mol. The van der Waals surface area contributed by atoms with E-state index in [9.17, 15) is 24.9 Å². The summed E-state index contributed by atoms with van der Waals surface area (Å²) >= 11 is 0. The van der Waals surface area contributed by atoms with Crippen LogP contribution in [0.1, 0.15) is 214 Å². The fraction of sp³-hybridized carbons (Fsp3) is 0.953. The Hall–Kier alpha value is -0.810. The van der Waals surface area contributed by atoms with Gasteiger partial charge in [0.1, 0.15) is 18.3 Å². The van der Waals surface area contributed by atoms with Crippen LogP contribution in [0.3, 0.4) is 0 Å². The first-order valence-corrected chi connectivity index (χ1v) is 22.1. The summed E-state index contributed by atoms with van der Waals surface area (Å²) in [7, 11) is 0. The van der Waals surface area contributed by atoms with E-state index in [2.05, 4.69) is 13.8 Å². The van der Waals surface area contributed by atoms with Gasteiger partial charge in [-0.15, -0.1) is 12.4 Å². The normalized spacial score (nSPS) is 22.2. The first kappa shape index (κ1) is 52.2. The molecule has 9 nitrogen and oxygen atoms in total. The first-order valence-electron chi connectivity index (χ1n) is 22.1. The zero-order chi connectivity index (χ0) is 38.6. The molecular weight excluding hydrogens is 690 g/mol. The van der Waals surface area contributed by atoms with E-state index in [1.165, 1.54) is 127 Å². The molecule has 53 heavy (non-hydrogen) atoms. The summed E-state index contributed by atoms with van der Waals surface area (Å²) in [6, 6.07) is -0.768. The molecule has 0 unspecified atom stereocenters. The maximum atomic E-state index is 13.8. The summed E-state index contributed by atoms with van der Waals surface area (Å²) in [6.07, 6.45) is 26.4. The summed E-state index contributed by atoms with van der Waals surface area (Å²) < 4.78 is 6.09. The number of hydrogen-bond donors (Lipinski definition) is 5. The molecule has 0 saturated carbocycles. The largest absolute Gasteiger partial charge is 0.388 e. The van der Waals surface area contributed by atoms with Crippen LogP contribution in [0.2, 0.25) is 0 Å². The fourth-order valence-corrected chi connectivity index (χ4v) is 7.51. The third kappa shape index (κ3) is 21.9. The lowest BCUT2D eigenvalue weighted by Crippen LogP contribution is -2.76. The maximum Gasteiger partial charge on any atom is 0.227 e. The van der Waals surface area contributed by atoms with E-state index in [1.807, 2.05) is 13.8 Å². The summed E-state index contributed by atoms with van der Waals surface area (Å²) in [5.41, 5.74) is 12.8. The molecule has 1 amide bonds. The van der Waals surface area contributed by atoms with E-state index in [4.69, 9.17) is 16.2 Å². The number of hydrogen-bond acceptors (Lipinski definition) is 8. The van der Waals surface area contributed by atoms with Crippen LogP contribution in [0.5, 0.6) is 0 Å². The van der Waals surface area contributed by atoms with Crippen molar-refractivity contribution in [3.63, 3.8) is 0 Å². The number of Topliss-reactive ketones (excluding diaryl/α,β-unsaturated/α-hetero) is 1. The van der Waals surface area contributed by atoms with Crippen molar-refractivity contribution in [1.82, 2.24) is 4.90 Å². The van der Waals surface area contributed by atoms with Crippen molar-refractivity contribution in [1.29, 1.82) is 0 Å². The molecule has 0 aromatic heterocycles. The summed E-state index contributed by atoms with van der Waals surface area (Å²) in [4.78, 5) is 28.1. The molecule has 0 aromatic carbocycles. The Morgan fingerprint density at radius 2 is 0.981 bits per heavy atom. The second-order valence-corrected chi connectivity index (χ2v) is 16.4. The molecule has 1 saturated heterocycles. The van der Waals surface area contributed by atoms with Crippen molar-refractivity contribution in [2.45, 2.75) is 250 Å². The minimum Gasteiger partial charge on any atom is -0.388 e. The van der Waals surface area contributed by atoms with Crippen LogP contribution in [0.4, 0.5) is 0 Å². The number of aliphatic hydroxyl groups is 3. The Morgan fingerprint density at radius 3 is 1.36 bits per heavy atom. The first-order chi connectivity index (χ1) is 25.0. The Bertz CT molecular complexity index is 898. The lowest BCUT2D eigenvalue weighted by Gasteiger charge is -2.51. The quantitative estimate of drug-likeness (QED) is 0.0320. The van der Waals surface area contributed by atoms with Gasteiger partial charge in [-0.1, -0.05) is 188 Å². The van der Waals surface area contributed by atoms with Crippen molar-refractivity contribution >= 4 is 24.1 Å². The highest BCUT2D eigenvalue weighted by Crippen LogP contribution is 2.32. The molecule has 1 fully saturated rings. The number of carbonyl (C=O) groups is 2. The van der Waals surface area contributed by atoms with Gasteiger partial charge in [-0.3, -0.25) is 20.2 Å². The number of unbranched alkanes of at least 4 members (excludes halogenated alkanes) is 25. The molecule has 0 spiro atoms. The molecule has 6 atom stereocenters. The van der Waals surface area contributed by atoms with Crippen LogP contribution in [0.15, 0.2) is 0 Å². The predicted molar refractivity (Wildman–Crippen MR) is 222 cm³/mol. The average Bonchev–Trinajstić information content (AvgIpc) is 3.12. The minimum atomic E-state index is -2.07. The van der Waals surface area contributed by atoms with Gasteiger partial charge in [-0.2, -0.15) is 0 Å². The second-order valence-electron chi connectivity index (χ2n) is 16.4. The molecule has 7 N–H and O–H groups in total.